The minimum atomic E-state index is -0.317. The highest BCUT2D eigenvalue weighted by Gasteiger charge is 2.23. The molecule has 1 fully saturated rings. The summed E-state index contributed by atoms with van der Waals surface area (Å²) in [6.45, 7) is 1.35. The Kier molecular flexibility index (Phi) is 5.02. The number of amides is 1. The molecule has 0 aliphatic carbocycles. The van der Waals surface area contributed by atoms with Crippen LogP contribution in [0.4, 0.5) is 10.1 Å². The van der Waals surface area contributed by atoms with Gasteiger partial charge in [-0.05, 0) is 31.2 Å². The number of hydrogen-bond acceptors (Lipinski definition) is 2. The predicted molar refractivity (Wildman–Crippen MR) is 75.6 cm³/mol. The molecule has 6 heteroatoms. The second-order valence-electron chi connectivity index (χ2n) is 4.75. The number of hydrogen-bond donors (Lipinski definition) is 1. The molecule has 3 nitrogen and oxygen atoms in total. The first-order valence-electron chi connectivity index (χ1n) is 6.11. The molecule has 1 unspecified atom stereocenters. The van der Waals surface area contributed by atoms with Crippen LogP contribution in [0.2, 0.25) is 10.0 Å². The average molecular weight is 305 g/mol. The van der Waals surface area contributed by atoms with E-state index in [1.807, 2.05) is 4.90 Å². The van der Waals surface area contributed by atoms with Gasteiger partial charge in [-0.15, -0.1) is 0 Å². The molecule has 1 aromatic carbocycles. The first-order valence-corrected chi connectivity index (χ1v) is 6.86. The summed E-state index contributed by atoms with van der Waals surface area (Å²) in [4.78, 5) is 13.8. The summed E-state index contributed by atoms with van der Waals surface area (Å²) in [7, 11) is 0. The number of nitrogens with one attached hydrogen (secondary N) is 1. The Bertz CT molecular complexity index is 450. The Labute approximate surface area is 121 Å². The van der Waals surface area contributed by atoms with E-state index in [9.17, 15) is 9.18 Å². The van der Waals surface area contributed by atoms with E-state index in [0.717, 1.165) is 13.0 Å². The van der Waals surface area contributed by atoms with Gasteiger partial charge < -0.3 is 5.32 Å². The van der Waals surface area contributed by atoms with Crippen LogP contribution in [0, 0.1) is 5.92 Å². The van der Waals surface area contributed by atoms with E-state index in [4.69, 9.17) is 23.2 Å². The summed E-state index contributed by atoms with van der Waals surface area (Å²) < 4.78 is 12.5. The number of benzene rings is 1. The largest absolute Gasteiger partial charge is 0.325 e. The zero-order chi connectivity index (χ0) is 13.8. The Morgan fingerprint density at radius 1 is 1.37 bits per heavy atom. The molecule has 1 aliphatic rings. The highest BCUT2D eigenvalue weighted by atomic mass is 35.5. The fourth-order valence-corrected chi connectivity index (χ4v) is 2.74. The van der Waals surface area contributed by atoms with Crippen molar-refractivity contribution in [1.82, 2.24) is 4.90 Å². The molecule has 0 bridgehead atoms. The van der Waals surface area contributed by atoms with Crippen LogP contribution < -0.4 is 5.32 Å². The lowest BCUT2D eigenvalue weighted by atomic mass is 10.1. The first kappa shape index (κ1) is 14.6. The SMILES string of the molecule is O=C(CN1CCC(CF)C1)Nc1cc(Cl)cc(Cl)c1. The van der Waals surface area contributed by atoms with Gasteiger partial charge in [0.1, 0.15) is 0 Å². The smallest absolute Gasteiger partial charge is 0.238 e. The van der Waals surface area contributed by atoms with E-state index < -0.39 is 0 Å². The molecule has 19 heavy (non-hydrogen) atoms. The van der Waals surface area contributed by atoms with Crippen molar-refractivity contribution < 1.29 is 9.18 Å². The Balaban J connectivity index is 1.87. The van der Waals surface area contributed by atoms with Gasteiger partial charge in [-0.1, -0.05) is 23.2 Å². The van der Waals surface area contributed by atoms with E-state index in [1.165, 1.54) is 0 Å². The topological polar surface area (TPSA) is 32.3 Å². The van der Waals surface area contributed by atoms with Crippen molar-refractivity contribution in [2.45, 2.75) is 6.42 Å². The summed E-state index contributed by atoms with van der Waals surface area (Å²) in [6, 6.07) is 4.88. The van der Waals surface area contributed by atoms with Crippen molar-refractivity contribution in [3.05, 3.63) is 28.2 Å². The molecule has 1 saturated heterocycles. The van der Waals surface area contributed by atoms with E-state index in [0.29, 0.717) is 22.3 Å². The summed E-state index contributed by atoms with van der Waals surface area (Å²) in [5, 5.41) is 3.69. The third-order valence-corrected chi connectivity index (χ3v) is 3.54. The molecule has 1 aromatic rings. The number of rotatable bonds is 4. The molecule has 1 amide bonds. The van der Waals surface area contributed by atoms with E-state index in [2.05, 4.69) is 5.32 Å². The maximum Gasteiger partial charge on any atom is 0.238 e. The van der Waals surface area contributed by atoms with Crippen LogP contribution in [0.15, 0.2) is 18.2 Å². The second kappa shape index (κ2) is 6.55. The fourth-order valence-electron chi connectivity index (χ4n) is 2.21. The lowest BCUT2D eigenvalue weighted by molar-refractivity contribution is -0.117. The standard InChI is InChI=1S/C13H15Cl2FN2O/c14-10-3-11(15)5-12(4-10)17-13(19)8-18-2-1-9(6-16)7-18/h3-5,9H,1-2,6-8H2,(H,17,19). The fraction of sp³-hybridized carbons (Fsp3) is 0.462. The first-order chi connectivity index (χ1) is 9.06. The van der Waals surface area contributed by atoms with E-state index >= 15 is 0 Å². The molecule has 0 radical (unpaired) electrons. The number of carbonyl (C=O) groups excluding carboxylic acids is 1. The molecule has 1 heterocycles. The normalized spacial score (nSPS) is 19.6. The van der Waals surface area contributed by atoms with Crippen LogP contribution in [0.25, 0.3) is 0 Å². The molecule has 0 saturated carbocycles. The number of alkyl halides is 1. The zero-order valence-corrected chi connectivity index (χ0v) is 11.8. The van der Waals surface area contributed by atoms with Crippen molar-refractivity contribution >= 4 is 34.8 Å². The Morgan fingerprint density at radius 2 is 2.05 bits per heavy atom. The molecular weight excluding hydrogens is 290 g/mol. The summed E-state index contributed by atoms with van der Waals surface area (Å²) in [5.41, 5.74) is 0.573. The predicted octanol–water partition coefficient (Wildman–Crippen LogP) is 3.22. The number of carbonyl (C=O) groups is 1. The molecule has 0 spiro atoms. The molecular formula is C13H15Cl2FN2O. The molecule has 1 aliphatic heterocycles. The monoisotopic (exact) mass is 304 g/mol. The van der Waals surface area contributed by atoms with Gasteiger partial charge >= 0.3 is 0 Å². The van der Waals surface area contributed by atoms with Crippen molar-refractivity contribution in [3.63, 3.8) is 0 Å². The van der Waals surface area contributed by atoms with Crippen LogP contribution in [0.3, 0.4) is 0 Å². The zero-order valence-electron chi connectivity index (χ0n) is 10.3. The van der Waals surface area contributed by atoms with Gasteiger partial charge in [0, 0.05) is 28.2 Å². The minimum Gasteiger partial charge on any atom is -0.325 e. The number of nitrogens with zero attached hydrogens (tertiary/aromatic N) is 1. The van der Waals surface area contributed by atoms with Crippen LogP contribution in [0.5, 0.6) is 0 Å². The molecule has 1 N–H and O–H groups in total. The van der Waals surface area contributed by atoms with Gasteiger partial charge in [0.25, 0.3) is 0 Å². The highest BCUT2D eigenvalue weighted by molar-refractivity contribution is 6.35. The van der Waals surface area contributed by atoms with Gasteiger partial charge in [0.15, 0.2) is 0 Å². The molecule has 2 rings (SSSR count). The van der Waals surface area contributed by atoms with Gasteiger partial charge in [0.2, 0.25) is 5.91 Å². The van der Waals surface area contributed by atoms with Crippen LogP contribution in [0.1, 0.15) is 6.42 Å². The van der Waals surface area contributed by atoms with Crippen molar-refractivity contribution in [2.75, 3.05) is 31.6 Å². The highest BCUT2D eigenvalue weighted by Crippen LogP contribution is 2.22. The van der Waals surface area contributed by atoms with Crippen molar-refractivity contribution in [3.8, 4) is 0 Å². The van der Waals surface area contributed by atoms with Crippen LogP contribution in [-0.4, -0.2) is 37.1 Å². The molecule has 1 atom stereocenters. The lowest BCUT2D eigenvalue weighted by Crippen LogP contribution is -2.31. The number of anilines is 1. The van der Waals surface area contributed by atoms with Crippen LogP contribution >= 0.6 is 23.2 Å². The summed E-state index contributed by atoms with van der Waals surface area (Å²) in [5.74, 6) is -0.0775. The summed E-state index contributed by atoms with van der Waals surface area (Å²) in [6.07, 6.45) is 0.812. The van der Waals surface area contributed by atoms with E-state index in [-0.39, 0.29) is 25.0 Å². The van der Waals surface area contributed by atoms with Gasteiger partial charge in [-0.2, -0.15) is 0 Å². The Hall–Kier alpha value is -0.840. The molecule has 0 aromatic heterocycles. The third kappa shape index (κ3) is 4.34. The van der Waals surface area contributed by atoms with Gasteiger partial charge in [0.05, 0.1) is 13.2 Å². The maximum atomic E-state index is 12.5. The van der Waals surface area contributed by atoms with Crippen molar-refractivity contribution in [1.29, 1.82) is 0 Å². The summed E-state index contributed by atoms with van der Waals surface area (Å²) >= 11 is 11.7. The minimum absolute atomic E-state index is 0.0633. The molecule has 104 valence electrons. The number of halogens is 3. The van der Waals surface area contributed by atoms with E-state index in [1.54, 1.807) is 18.2 Å². The second-order valence-corrected chi connectivity index (χ2v) is 5.62. The van der Waals surface area contributed by atoms with Gasteiger partial charge in [-0.25, -0.2) is 0 Å². The maximum absolute atomic E-state index is 12.5. The van der Waals surface area contributed by atoms with Crippen LogP contribution in [-0.2, 0) is 4.79 Å². The number of likely N-dealkylation sites (tertiary alicyclic amines) is 1. The van der Waals surface area contributed by atoms with Crippen molar-refractivity contribution in [2.24, 2.45) is 5.92 Å². The quantitative estimate of drug-likeness (QED) is 0.926. The van der Waals surface area contributed by atoms with Gasteiger partial charge in [-0.3, -0.25) is 14.1 Å². The average Bonchev–Trinajstić information content (AvgIpc) is 2.74. The Morgan fingerprint density at radius 3 is 2.63 bits per heavy atom. The lowest BCUT2D eigenvalue weighted by Gasteiger charge is -2.15. The third-order valence-electron chi connectivity index (χ3n) is 3.10.